The first-order valence-corrected chi connectivity index (χ1v) is 7.90. The van der Waals surface area contributed by atoms with Crippen LogP contribution in [-0.4, -0.2) is 41.3 Å². The summed E-state index contributed by atoms with van der Waals surface area (Å²) >= 11 is 0. The van der Waals surface area contributed by atoms with E-state index in [-0.39, 0.29) is 12.5 Å². The van der Waals surface area contributed by atoms with Gasteiger partial charge in [-0.25, -0.2) is 4.98 Å². The molecule has 3 heterocycles. The summed E-state index contributed by atoms with van der Waals surface area (Å²) in [7, 11) is 0. The normalized spacial score (nSPS) is 19.5. The van der Waals surface area contributed by atoms with Crippen molar-refractivity contribution in [3.63, 3.8) is 0 Å². The lowest BCUT2D eigenvalue weighted by atomic mass is 10.1. The lowest BCUT2D eigenvalue weighted by Gasteiger charge is -2.26. The number of aromatic nitrogens is 2. The predicted octanol–water partition coefficient (Wildman–Crippen LogP) is 2.82. The molecule has 0 amide bonds. The number of nitrogens with one attached hydrogen (secondary N) is 1. The van der Waals surface area contributed by atoms with E-state index in [0.29, 0.717) is 25.1 Å². The van der Waals surface area contributed by atoms with Gasteiger partial charge < -0.3 is 10.2 Å². The Hall–Kier alpha value is -2.15. The molecule has 4 nitrogen and oxygen atoms in total. The van der Waals surface area contributed by atoms with E-state index >= 15 is 0 Å². The maximum Gasteiger partial charge on any atom is 0.404 e. The number of rotatable bonds is 5. The smallest absolute Gasteiger partial charge is 0.355 e. The summed E-state index contributed by atoms with van der Waals surface area (Å²) in [6.45, 7) is 1.23. The molecule has 7 heteroatoms. The van der Waals surface area contributed by atoms with Crippen LogP contribution in [0.3, 0.4) is 0 Å². The van der Waals surface area contributed by atoms with E-state index in [1.165, 1.54) is 12.4 Å². The highest BCUT2D eigenvalue weighted by Crippen LogP contribution is 2.25. The number of halogens is 3. The highest BCUT2D eigenvalue weighted by molar-refractivity contribution is 5.39. The molecule has 128 valence electrons. The van der Waals surface area contributed by atoms with Gasteiger partial charge in [-0.15, -0.1) is 0 Å². The Kier molecular flexibility index (Phi) is 4.99. The molecule has 0 unspecified atom stereocenters. The summed E-state index contributed by atoms with van der Waals surface area (Å²) < 4.78 is 40.1. The molecule has 2 atom stereocenters. The number of pyridine rings is 2. The highest BCUT2D eigenvalue weighted by atomic mass is 19.4. The first-order chi connectivity index (χ1) is 11.5. The van der Waals surface area contributed by atoms with Crippen molar-refractivity contribution in [2.75, 3.05) is 18.0 Å². The van der Waals surface area contributed by atoms with Gasteiger partial charge in [-0.3, -0.25) is 4.98 Å². The van der Waals surface area contributed by atoms with E-state index in [1.54, 1.807) is 18.3 Å². The first kappa shape index (κ1) is 16.7. The summed E-state index contributed by atoms with van der Waals surface area (Å²) in [6.07, 6.45) is 1.01. The molecule has 2 aromatic rings. The average Bonchev–Trinajstić information content (AvgIpc) is 3.04. The van der Waals surface area contributed by atoms with Gasteiger partial charge in [-0.1, -0.05) is 6.07 Å². The lowest BCUT2D eigenvalue weighted by molar-refractivity contribution is -0.157. The molecule has 0 spiro atoms. The third kappa shape index (κ3) is 4.23. The summed E-state index contributed by atoms with van der Waals surface area (Å²) in [5.41, 5.74) is 0.624. The van der Waals surface area contributed by atoms with Crippen molar-refractivity contribution < 1.29 is 13.2 Å². The fourth-order valence-electron chi connectivity index (χ4n) is 2.95. The van der Waals surface area contributed by atoms with E-state index < -0.39 is 12.2 Å². The summed E-state index contributed by atoms with van der Waals surface area (Å²) in [5, 5.41) is 2.79. The van der Waals surface area contributed by atoms with Crippen LogP contribution < -0.4 is 10.2 Å². The van der Waals surface area contributed by atoms with E-state index in [1.807, 2.05) is 23.1 Å². The quantitative estimate of drug-likeness (QED) is 0.912. The molecular formula is C17H19F3N4. The molecule has 1 fully saturated rings. The minimum atomic E-state index is -4.29. The van der Waals surface area contributed by atoms with Crippen molar-refractivity contribution in [2.45, 2.75) is 31.1 Å². The molecule has 0 aliphatic carbocycles. The third-order valence-corrected chi connectivity index (χ3v) is 4.18. The van der Waals surface area contributed by atoms with E-state index in [9.17, 15) is 13.2 Å². The minimum Gasteiger partial charge on any atom is -0.355 e. The van der Waals surface area contributed by atoms with Gasteiger partial charge in [0.15, 0.2) is 0 Å². The number of nitrogens with zero attached hydrogens (tertiary/aromatic N) is 3. The van der Waals surface area contributed by atoms with Gasteiger partial charge >= 0.3 is 6.18 Å². The van der Waals surface area contributed by atoms with E-state index in [2.05, 4.69) is 15.3 Å². The van der Waals surface area contributed by atoms with Crippen molar-refractivity contribution in [1.29, 1.82) is 0 Å². The molecule has 24 heavy (non-hydrogen) atoms. The highest BCUT2D eigenvalue weighted by Gasteiger charge is 2.41. The van der Waals surface area contributed by atoms with Gasteiger partial charge in [-0.2, -0.15) is 13.2 Å². The summed E-state index contributed by atoms with van der Waals surface area (Å²) in [5.74, 6) is 0.805. The van der Waals surface area contributed by atoms with Crippen LogP contribution in [0.2, 0.25) is 0 Å². The van der Waals surface area contributed by atoms with Crippen molar-refractivity contribution in [3.05, 3.63) is 54.5 Å². The SMILES string of the molecule is FC(F)(F)[C@H](Cc1ccncc1)N[C@@H]1CCN(c2ccccn2)C1. The second kappa shape index (κ2) is 7.17. The molecule has 1 N–H and O–H groups in total. The summed E-state index contributed by atoms with van der Waals surface area (Å²) in [6, 6.07) is 7.05. The largest absolute Gasteiger partial charge is 0.404 e. The van der Waals surface area contributed by atoms with Crippen molar-refractivity contribution in [1.82, 2.24) is 15.3 Å². The molecule has 3 rings (SSSR count). The van der Waals surface area contributed by atoms with Crippen molar-refractivity contribution in [2.24, 2.45) is 0 Å². The van der Waals surface area contributed by atoms with E-state index in [4.69, 9.17) is 0 Å². The Labute approximate surface area is 138 Å². The van der Waals surface area contributed by atoms with Gasteiger partial charge in [0, 0.05) is 37.7 Å². The van der Waals surface area contributed by atoms with Gasteiger partial charge in [0.05, 0.1) is 0 Å². The number of anilines is 1. The Bertz CT molecular complexity index is 633. The monoisotopic (exact) mass is 336 g/mol. The van der Waals surface area contributed by atoms with Crippen LogP contribution >= 0.6 is 0 Å². The summed E-state index contributed by atoms with van der Waals surface area (Å²) in [4.78, 5) is 10.1. The van der Waals surface area contributed by atoms with Crippen LogP contribution in [0, 0.1) is 0 Å². The standard InChI is InChI=1S/C17H19F3N4/c18-17(19,20)15(11-13-4-8-21-9-5-13)23-14-6-10-24(12-14)16-3-1-2-7-22-16/h1-5,7-9,14-15,23H,6,10-12H2/t14-,15+/m1/s1. The molecule has 1 saturated heterocycles. The third-order valence-electron chi connectivity index (χ3n) is 4.18. The first-order valence-electron chi connectivity index (χ1n) is 7.90. The Balaban J connectivity index is 1.63. The Morgan fingerprint density at radius 1 is 1.17 bits per heavy atom. The molecule has 0 aromatic carbocycles. The molecule has 1 aliphatic rings. The van der Waals surface area contributed by atoms with Crippen LogP contribution in [0.15, 0.2) is 48.9 Å². The van der Waals surface area contributed by atoms with E-state index in [0.717, 1.165) is 5.82 Å². The number of hydrogen-bond donors (Lipinski definition) is 1. The van der Waals surface area contributed by atoms with Crippen LogP contribution in [0.25, 0.3) is 0 Å². The van der Waals surface area contributed by atoms with Crippen LogP contribution in [0.5, 0.6) is 0 Å². The second-order valence-corrected chi connectivity index (χ2v) is 5.94. The van der Waals surface area contributed by atoms with Crippen LogP contribution in [0.4, 0.5) is 19.0 Å². The van der Waals surface area contributed by atoms with Crippen LogP contribution in [0.1, 0.15) is 12.0 Å². The zero-order valence-electron chi connectivity index (χ0n) is 13.1. The maximum atomic E-state index is 13.4. The lowest BCUT2D eigenvalue weighted by Crippen LogP contribution is -2.49. The van der Waals surface area contributed by atoms with Gasteiger partial charge in [0.1, 0.15) is 11.9 Å². The Morgan fingerprint density at radius 3 is 2.62 bits per heavy atom. The molecule has 2 aromatic heterocycles. The molecular weight excluding hydrogens is 317 g/mol. The molecule has 0 radical (unpaired) electrons. The van der Waals surface area contributed by atoms with Gasteiger partial charge in [-0.05, 0) is 42.7 Å². The topological polar surface area (TPSA) is 41.1 Å². The zero-order chi connectivity index (χ0) is 17.0. The van der Waals surface area contributed by atoms with Crippen molar-refractivity contribution >= 4 is 5.82 Å². The molecule has 0 bridgehead atoms. The maximum absolute atomic E-state index is 13.4. The zero-order valence-corrected chi connectivity index (χ0v) is 13.1. The average molecular weight is 336 g/mol. The fraction of sp³-hybridized carbons (Fsp3) is 0.412. The number of alkyl halides is 3. The fourth-order valence-corrected chi connectivity index (χ4v) is 2.95. The number of hydrogen-bond acceptors (Lipinski definition) is 4. The van der Waals surface area contributed by atoms with Crippen LogP contribution in [-0.2, 0) is 6.42 Å². The Morgan fingerprint density at radius 2 is 1.96 bits per heavy atom. The van der Waals surface area contributed by atoms with Gasteiger partial charge in [0.2, 0.25) is 0 Å². The molecule has 1 aliphatic heterocycles. The molecule has 0 saturated carbocycles. The van der Waals surface area contributed by atoms with Crippen molar-refractivity contribution in [3.8, 4) is 0 Å². The van der Waals surface area contributed by atoms with Gasteiger partial charge in [0.25, 0.3) is 0 Å². The minimum absolute atomic E-state index is 0.0912. The second-order valence-electron chi connectivity index (χ2n) is 5.94. The predicted molar refractivity (Wildman–Crippen MR) is 85.8 cm³/mol.